The SMILES string of the molecule is Cn1c2ccccc2c2cccc(N(c3ccccc3)c3ccc4cc5c(cc4c3)oc3c5ccc4c5cc6ccc(N(c7ccccc7)c7cccc8c7[nH]c7ccccc78)cc6cc5oc43)c21. The Morgan fingerprint density at radius 1 is 0.362 bits per heavy atom. The number of hydrogen-bond acceptors (Lipinski definition) is 4. The van der Waals surface area contributed by atoms with Crippen LogP contribution in [0, 0.1) is 0 Å². The van der Waals surface area contributed by atoms with Gasteiger partial charge in [0.25, 0.3) is 0 Å². The van der Waals surface area contributed by atoms with Crippen molar-refractivity contribution in [1.29, 1.82) is 0 Å². The third-order valence-corrected chi connectivity index (χ3v) is 14.4. The van der Waals surface area contributed by atoms with Gasteiger partial charge in [0.1, 0.15) is 11.2 Å². The molecule has 4 heterocycles. The molecule has 6 heteroatoms. The summed E-state index contributed by atoms with van der Waals surface area (Å²) >= 11 is 0. The molecule has 0 spiro atoms. The molecule has 0 saturated carbocycles. The third kappa shape index (κ3) is 5.60. The predicted molar refractivity (Wildman–Crippen MR) is 289 cm³/mol. The van der Waals surface area contributed by atoms with E-state index in [-0.39, 0.29) is 0 Å². The molecule has 15 aromatic rings. The third-order valence-electron chi connectivity index (χ3n) is 14.4. The van der Waals surface area contributed by atoms with Crippen LogP contribution in [0.3, 0.4) is 0 Å². The number of anilines is 6. The first kappa shape index (κ1) is 37.9. The number of fused-ring (bicyclic) bond motifs is 15. The molecule has 4 aromatic heterocycles. The van der Waals surface area contributed by atoms with Crippen LogP contribution in [0.4, 0.5) is 34.1 Å². The predicted octanol–water partition coefficient (Wildman–Crippen LogP) is 18.0. The largest absolute Gasteiger partial charge is 0.452 e. The Morgan fingerprint density at radius 3 is 1.52 bits per heavy atom. The minimum absolute atomic E-state index is 0.758. The molecule has 0 radical (unpaired) electrons. The molecule has 1 N–H and O–H groups in total. The molecule has 15 rings (SSSR count). The molecule has 0 bridgehead atoms. The molecule has 6 nitrogen and oxygen atoms in total. The fraction of sp³-hybridized carbons (Fsp3) is 0.0159. The maximum Gasteiger partial charge on any atom is 0.178 e. The van der Waals surface area contributed by atoms with E-state index < -0.39 is 0 Å². The van der Waals surface area contributed by atoms with Crippen LogP contribution in [-0.2, 0) is 7.05 Å². The summed E-state index contributed by atoms with van der Waals surface area (Å²) in [4.78, 5) is 8.45. The van der Waals surface area contributed by atoms with Crippen molar-refractivity contribution in [3.8, 4) is 0 Å². The van der Waals surface area contributed by atoms with E-state index >= 15 is 0 Å². The maximum absolute atomic E-state index is 6.86. The summed E-state index contributed by atoms with van der Waals surface area (Å²) in [6.07, 6.45) is 0. The highest BCUT2D eigenvalue weighted by Gasteiger charge is 2.23. The molecule has 69 heavy (non-hydrogen) atoms. The normalized spacial score (nSPS) is 12.1. The van der Waals surface area contributed by atoms with Gasteiger partial charge in [0, 0.05) is 83.9 Å². The van der Waals surface area contributed by atoms with E-state index in [2.05, 4.69) is 245 Å². The van der Waals surface area contributed by atoms with Crippen molar-refractivity contribution in [2.24, 2.45) is 7.05 Å². The highest BCUT2D eigenvalue weighted by molar-refractivity contribution is 6.22. The maximum atomic E-state index is 6.86. The van der Waals surface area contributed by atoms with Gasteiger partial charge in [-0.1, -0.05) is 109 Å². The van der Waals surface area contributed by atoms with Crippen LogP contribution in [0.5, 0.6) is 0 Å². The number of benzene rings is 11. The van der Waals surface area contributed by atoms with Crippen molar-refractivity contribution in [2.75, 3.05) is 9.80 Å². The van der Waals surface area contributed by atoms with Gasteiger partial charge >= 0.3 is 0 Å². The highest BCUT2D eigenvalue weighted by Crippen LogP contribution is 2.46. The standard InChI is InChI=1S/C63H40N4O2/c1-65-55-23-11-9-19-47(55)49-21-13-25-57(61(49)65)67(43-16-6-3-7-17-43)45-29-27-39-35-53-51-31-30-50-52-34-38-26-28-44(32-40(38)36-58(52)68-62(50)63(51)69-59(53)37-41(39)33-45)66(42-14-4-2-5-15-42)56-24-12-20-48-46-18-8-10-22-54(46)64-60(48)56/h2-37,64H,1H3. The summed E-state index contributed by atoms with van der Waals surface area (Å²) in [7, 11) is 2.17. The van der Waals surface area contributed by atoms with Crippen molar-refractivity contribution < 1.29 is 8.83 Å². The summed E-state index contributed by atoms with van der Waals surface area (Å²) in [5, 5.41) is 13.6. The second-order valence-corrected chi connectivity index (χ2v) is 18.2. The Morgan fingerprint density at radius 2 is 0.884 bits per heavy atom. The van der Waals surface area contributed by atoms with Gasteiger partial charge in [-0.05, 0) is 131 Å². The monoisotopic (exact) mass is 884 g/mol. The first-order valence-corrected chi connectivity index (χ1v) is 23.5. The number of nitrogens with zero attached hydrogens (tertiary/aromatic N) is 3. The molecular weight excluding hydrogens is 845 g/mol. The minimum Gasteiger partial charge on any atom is -0.452 e. The summed E-state index contributed by atoms with van der Waals surface area (Å²) in [6.45, 7) is 0. The first-order chi connectivity index (χ1) is 34.1. The number of aromatic amines is 1. The molecule has 0 unspecified atom stereocenters. The molecule has 0 aliphatic rings. The fourth-order valence-corrected chi connectivity index (χ4v) is 11.3. The van der Waals surface area contributed by atoms with Crippen molar-refractivity contribution in [3.05, 3.63) is 218 Å². The van der Waals surface area contributed by atoms with Gasteiger partial charge in [0.2, 0.25) is 0 Å². The lowest BCUT2D eigenvalue weighted by molar-refractivity contribution is 0.634. The van der Waals surface area contributed by atoms with Gasteiger partial charge in [0.15, 0.2) is 11.2 Å². The van der Waals surface area contributed by atoms with E-state index in [1.807, 2.05) is 0 Å². The van der Waals surface area contributed by atoms with Crippen LogP contribution >= 0.6 is 0 Å². The second-order valence-electron chi connectivity index (χ2n) is 18.2. The zero-order valence-corrected chi connectivity index (χ0v) is 37.4. The molecule has 11 aromatic carbocycles. The van der Waals surface area contributed by atoms with E-state index in [9.17, 15) is 0 Å². The zero-order valence-electron chi connectivity index (χ0n) is 37.4. The van der Waals surface area contributed by atoms with Gasteiger partial charge in [-0.25, -0.2) is 0 Å². The van der Waals surface area contributed by atoms with Crippen molar-refractivity contribution in [2.45, 2.75) is 0 Å². The highest BCUT2D eigenvalue weighted by atomic mass is 16.4. The second kappa shape index (κ2) is 14.4. The smallest absolute Gasteiger partial charge is 0.178 e. The van der Waals surface area contributed by atoms with E-state index in [4.69, 9.17) is 8.83 Å². The number of hydrogen-bond donors (Lipinski definition) is 1. The van der Waals surface area contributed by atoms with Crippen LogP contribution < -0.4 is 9.80 Å². The number of aryl methyl sites for hydroxylation is 1. The Kier molecular flexibility index (Phi) is 7.89. The molecule has 0 aliphatic carbocycles. The molecule has 0 amide bonds. The molecule has 0 saturated heterocycles. The lowest BCUT2D eigenvalue weighted by Crippen LogP contribution is -2.11. The van der Waals surface area contributed by atoms with Gasteiger partial charge in [-0.15, -0.1) is 0 Å². The average Bonchev–Trinajstić information content (AvgIpc) is 4.15. The van der Waals surface area contributed by atoms with E-state index in [1.165, 1.54) is 32.6 Å². The number of nitrogens with one attached hydrogen (secondary N) is 1. The van der Waals surface area contributed by atoms with Gasteiger partial charge < -0.3 is 28.2 Å². The average molecular weight is 885 g/mol. The Hall–Kier alpha value is -9.26. The summed E-state index contributed by atoms with van der Waals surface area (Å²) < 4.78 is 16.0. The molecular formula is C63H40N4O2. The quantitative estimate of drug-likeness (QED) is 0.181. The molecule has 0 fully saturated rings. The molecule has 0 aliphatic heterocycles. The topological polar surface area (TPSA) is 53.5 Å². The molecule has 0 atom stereocenters. The number of para-hydroxylation sites is 6. The number of rotatable bonds is 6. The van der Waals surface area contributed by atoms with Crippen molar-refractivity contribution in [3.63, 3.8) is 0 Å². The zero-order chi connectivity index (χ0) is 45.3. The van der Waals surface area contributed by atoms with Crippen LogP contribution in [0.25, 0.3) is 109 Å². The van der Waals surface area contributed by atoms with Gasteiger partial charge in [-0.2, -0.15) is 0 Å². The van der Waals surface area contributed by atoms with Crippen molar-refractivity contribution >= 4 is 143 Å². The van der Waals surface area contributed by atoms with Crippen LogP contribution in [0.15, 0.2) is 227 Å². The lowest BCUT2D eigenvalue weighted by Gasteiger charge is -2.27. The summed E-state index contributed by atoms with van der Waals surface area (Å²) in [5.74, 6) is 0. The minimum atomic E-state index is 0.758. The van der Waals surface area contributed by atoms with E-state index in [0.717, 1.165) is 111 Å². The lowest BCUT2D eigenvalue weighted by atomic mass is 10.0. The van der Waals surface area contributed by atoms with E-state index in [0.29, 0.717) is 0 Å². The summed E-state index contributed by atoms with van der Waals surface area (Å²) in [5.41, 5.74) is 14.3. The first-order valence-electron chi connectivity index (χ1n) is 23.5. The van der Waals surface area contributed by atoms with Crippen LogP contribution in [-0.4, -0.2) is 9.55 Å². The summed E-state index contributed by atoms with van der Waals surface area (Å²) in [6, 6.07) is 78.3. The van der Waals surface area contributed by atoms with Crippen LogP contribution in [0.2, 0.25) is 0 Å². The van der Waals surface area contributed by atoms with E-state index in [1.54, 1.807) is 0 Å². The van der Waals surface area contributed by atoms with Crippen LogP contribution in [0.1, 0.15) is 0 Å². The number of furan rings is 2. The van der Waals surface area contributed by atoms with Gasteiger partial charge in [0.05, 0.1) is 22.4 Å². The Bertz CT molecular complexity index is 4580. The van der Waals surface area contributed by atoms with Gasteiger partial charge in [-0.3, -0.25) is 0 Å². The Labute approximate surface area is 395 Å². The molecule has 324 valence electrons. The number of aromatic nitrogens is 2. The number of H-pyrrole nitrogens is 1. The fourth-order valence-electron chi connectivity index (χ4n) is 11.3. The Balaban J connectivity index is 0.859. The van der Waals surface area contributed by atoms with Crippen molar-refractivity contribution in [1.82, 2.24) is 9.55 Å².